The first-order valence-corrected chi connectivity index (χ1v) is 10.2. The van der Waals surface area contributed by atoms with Crippen molar-refractivity contribution in [3.63, 3.8) is 0 Å². The molecule has 1 aromatic heterocycles. The van der Waals surface area contributed by atoms with Gasteiger partial charge in [0.15, 0.2) is 0 Å². The third-order valence-electron chi connectivity index (χ3n) is 5.64. The zero-order chi connectivity index (χ0) is 20.9. The van der Waals surface area contributed by atoms with E-state index in [0.717, 1.165) is 30.1 Å². The monoisotopic (exact) mass is 407 g/mol. The Hall–Kier alpha value is -3.28. The molecule has 156 valence electrons. The minimum atomic E-state index is -0.288. The van der Waals surface area contributed by atoms with E-state index in [1.807, 2.05) is 58.3 Å². The number of anilines is 1. The summed E-state index contributed by atoms with van der Waals surface area (Å²) in [4.78, 5) is 17.3. The third kappa shape index (κ3) is 4.48. The minimum Gasteiger partial charge on any atom is -0.497 e. The van der Waals surface area contributed by atoms with Crippen LogP contribution in [0.15, 0.2) is 73.1 Å². The topological polar surface area (TPSA) is 37.7 Å². The number of nitrogens with zero attached hydrogens (tertiary/aromatic N) is 3. The smallest absolute Gasteiger partial charge is 0.225 e. The lowest BCUT2D eigenvalue weighted by Gasteiger charge is -2.37. The van der Waals surface area contributed by atoms with E-state index in [4.69, 9.17) is 4.74 Å². The molecule has 6 heteroatoms. The fourth-order valence-corrected chi connectivity index (χ4v) is 3.98. The van der Waals surface area contributed by atoms with Crippen LogP contribution in [0.3, 0.4) is 0 Å². The normalized spacial score (nSPS) is 15.1. The van der Waals surface area contributed by atoms with E-state index in [9.17, 15) is 9.18 Å². The Morgan fingerprint density at radius 1 is 1.00 bits per heavy atom. The van der Waals surface area contributed by atoms with Crippen LogP contribution in [0, 0.1) is 5.82 Å². The average molecular weight is 407 g/mol. The number of hydrogen-bond acceptors (Lipinski definition) is 3. The molecule has 0 N–H and O–H groups in total. The second-order valence-corrected chi connectivity index (χ2v) is 7.47. The predicted octanol–water partition coefficient (Wildman–Crippen LogP) is 3.96. The van der Waals surface area contributed by atoms with E-state index in [1.54, 1.807) is 13.2 Å². The van der Waals surface area contributed by atoms with Crippen LogP contribution in [0.25, 0.3) is 0 Å². The largest absolute Gasteiger partial charge is 0.497 e. The summed E-state index contributed by atoms with van der Waals surface area (Å²) in [7, 11) is 1.66. The molecule has 0 radical (unpaired) electrons. The minimum absolute atomic E-state index is 0.0863. The first-order chi connectivity index (χ1) is 14.6. The summed E-state index contributed by atoms with van der Waals surface area (Å²) < 4.78 is 21.1. The SMILES string of the molecule is COc1cccc(N2CCN(C(=O)C[C@H](c3cccc(F)c3)n3cccc3)CC2)c1. The highest BCUT2D eigenvalue weighted by Crippen LogP contribution is 2.26. The van der Waals surface area contributed by atoms with Gasteiger partial charge in [0, 0.05) is 50.3 Å². The highest BCUT2D eigenvalue weighted by Gasteiger charge is 2.25. The van der Waals surface area contributed by atoms with E-state index in [1.165, 1.54) is 12.1 Å². The number of carbonyl (C=O) groups is 1. The van der Waals surface area contributed by atoms with Crippen LogP contribution < -0.4 is 9.64 Å². The van der Waals surface area contributed by atoms with Gasteiger partial charge in [-0.15, -0.1) is 0 Å². The molecule has 1 amide bonds. The predicted molar refractivity (Wildman–Crippen MR) is 115 cm³/mol. The van der Waals surface area contributed by atoms with Crippen molar-refractivity contribution in [3.8, 4) is 5.75 Å². The van der Waals surface area contributed by atoms with Crippen molar-refractivity contribution in [2.45, 2.75) is 12.5 Å². The Bertz CT molecular complexity index is 982. The highest BCUT2D eigenvalue weighted by atomic mass is 19.1. The van der Waals surface area contributed by atoms with Gasteiger partial charge >= 0.3 is 0 Å². The number of methoxy groups -OCH3 is 1. The van der Waals surface area contributed by atoms with Gasteiger partial charge in [-0.2, -0.15) is 0 Å². The van der Waals surface area contributed by atoms with Gasteiger partial charge in [0.2, 0.25) is 5.91 Å². The zero-order valence-electron chi connectivity index (χ0n) is 17.1. The molecule has 2 heterocycles. The lowest BCUT2D eigenvalue weighted by Crippen LogP contribution is -2.49. The van der Waals surface area contributed by atoms with Gasteiger partial charge in [-0.3, -0.25) is 4.79 Å². The van der Waals surface area contributed by atoms with E-state index < -0.39 is 0 Å². The molecule has 2 aromatic carbocycles. The van der Waals surface area contributed by atoms with Gasteiger partial charge in [0.1, 0.15) is 11.6 Å². The summed E-state index contributed by atoms with van der Waals surface area (Å²) in [6, 6.07) is 18.1. The number of carbonyl (C=O) groups excluding carboxylic acids is 1. The fraction of sp³-hybridized carbons (Fsp3) is 0.292. The molecule has 1 fully saturated rings. The summed E-state index contributed by atoms with van der Waals surface area (Å²) in [6.45, 7) is 2.87. The zero-order valence-corrected chi connectivity index (χ0v) is 17.1. The van der Waals surface area contributed by atoms with Crippen LogP contribution in [0.1, 0.15) is 18.0 Å². The van der Waals surface area contributed by atoms with Crippen molar-refractivity contribution in [1.29, 1.82) is 0 Å². The molecule has 0 saturated carbocycles. The molecule has 1 aliphatic heterocycles. The quantitative estimate of drug-likeness (QED) is 0.621. The Morgan fingerprint density at radius 2 is 1.73 bits per heavy atom. The number of aromatic nitrogens is 1. The number of ether oxygens (including phenoxy) is 1. The van der Waals surface area contributed by atoms with Crippen LogP contribution in [0.2, 0.25) is 0 Å². The van der Waals surface area contributed by atoms with Gasteiger partial charge in [0.25, 0.3) is 0 Å². The molecule has 1 aliphatic rings. The Kier molecular flexibility index (Phi) is 6.02. The summed E-state index contributed by atoms with van der Waals surface area (Å²) >= 11 is 0. The van der Waals surface area contributed by atoms with E-state index >= 15 is 0 Å². The second kappa shape index (κ2) is 9.03. The van der Waals surface area contributed by atoms with Crippen LogP contribution >= 0.6 is 0 Å². The molecule has 3 aromatic rings. The number of rotatable bonds is 6. The molecule has 0 unspecified atom stereocenters. The Balaban J connectivity index is 1.43. The summed E-state index contributed by atoms with van der Waals surface area (Å²) in [5, 5.41) is 0. The van der Waals surface area contributed by atoms with E-state index in [-0.39, 0.29) is 17.8 Å². The van der Waals surface area contributed by atoms with Crippen LogP contribution in [-0.2, 0) is 4.79 Å². The van der Waals surface area contributed by atoms with Gasteiger partial charge < -0.3 is 19.1 Å². The second-order valence-electron chi connectivity index (χ2n) is 7.47. The van der Waals surface area contributed by atoms with Crippen LogP contribution in [-0.4, -0.2) is 48.7 Å². The van der Waals surface area contributed by atoms with Crippen molar-refractivity contribution < 1.29 is 13.9 Å². The van der Waals surface area contributed by atoms with Crippen molar-refractivity contribution in [3.05, 3.63) is 84.4 Å². The number of amides is 1. The molecule has 0 aliphatic carbocycles. The van der Waals surface area contributed by atoms with Crippen molar-refractivity contribution >= 4 is 11.6 Å². The van der Waals surface area contributed by atoms with Gasteiger partial charge in [-0.1, -0.05) is 18.2 Å². The van der Waals surface area contributed by atoms with Gasteiger partial charge in [-0.25, -0.2) is 4.39 Å². The first kappa shape index (κ1) is 20.0. The number of piperazine rings is 1. The lowest BCUT2D eigenvalue weighted by atomic mass is 10.0. The van der Waals surface area contributed by atoms with E-state index in [0.29, 0.717) is 19.5 Å². The number of benzene rings is 2. The average Bonchev–Trinajstić information content (AvgIpc) is 3.32. The lowest BCUT2D eigenvalue weighted by molar-refractivity contribution is -0.132. The van der Waals surface area contributed by atoms with Gasteiger partial charge in [0.05, 0.1) is 19.6 Å². The molecule has 5 nitrogen and oxygen atoms in total. The molecule has 1 atom stereocenters. The maximum absolute atomic E-state index is 13.8. The molecular weight excluding hydrogens is 381 g/mol. The Morgan fingerprint density at radius 3 is 2.43 bits per heavy atom. The number of halogens is 1. The first-order valence-electron chi connectivity index (χ1n) is 10.2. The summed E-state index contributed by atoms with van der Waals surface area (Å²) in [5.74, 6) is 0.628. The Labute approximate surface area is 176 Å². The van der Waals surface area contributed by atoms with Crippen LogP contribution in [0.4, 0.5) is 10.1 Å². The maximum atomic E-state index is 13.8. The molecule has 1 saturated heterocycles. The third-order valence-corrected chi connectivity index (χ3v) is 5.64. The highest BCUT2D eigenvalue weighted by molar-refractivity contribution is 5.77. The summed E-state index contributed by atoms with van der Waals surface area (Å²) in [6.07, 6.45) is 4.14. The summed E-state index contributed by atoms with van der Waals surface area (Å²) in [5.41, 5.74) is 1.90. The van der Waals surface area contributed by atoms with Crippen molar-refractivity contribution in [1.82, 2.24) is 9.47 Å². The molecule has 30 heavy (non-hydrogen) atoms. The van der Waals surface area contributed by atoms with Crippen molar-refractivity contribution in [2.75, 3.05) is 38.2 Å². The maximum Gasteiger partial charge on any atom is 0.225 e. The van der Waals surface area contributed by atoms with Crippen molar-refractivity contribution in [2.24, 2.45) is 0 Å². The van der Waals surface area contributed by atoms with E-state index in [2.05, 4.69) is 11.0 Å². The standard InChI is InChI=1S/C24H26FN3O2/c1-30-22-9-5-8-21(17-22)26-12-14-28(15-13-26)24(29)18-23(27-10-2-3-11-27)19-6-4-7-20(25)16-19/h2-11,16-17,23H,12-15,18H2,1H3/t23-/m1/s1. The fourth-order valence-electron chi connectivity index (χ4n) is 3.98. The molecular formula is C24H26FN3O2. The number of hydrogen-bond donors (Lipinski definition) is 0. The molecule has 0 bridgehead atoms. The molecule has 0 spiro atoms. The van der Waals surface area contributed by atoms with Crippen LogP contribution in [0.5, 0.6) is 5.75 Å². The molecule has 4 rings (SSSR count). The van der Waals surface area contributed by atoms with Gasteiger partial charge in [-0.05, 0) is 42.0 Å².